The van der Waals surface area contributed by atoms with Crippen LogP contribution in [-0.4, -0.2) is 27.9 Å². The Morgan fingerprint density at radius 2 is 2.15 bits per heavy atom. The van der Waals surface area contributed by atoms with Crippen LogP contribution in [0.15, 0.2) is 24.3 Å². The van der Waals surface area contributed by atoms with Gasteiger partial charge in [-0.2, -0.15) is 5.10 Å². The number of aromatic nitrogens is 3. The van der Waals surface area contributed by atoms with Crippen molar-refractivity contribution >= 4 is 0 Å². The molecule has 0 amide bonds. The second-order valence-electron chi connectivity index (χ2n) is 4.71. The molecule has 108 valence electrons. The fourth-order valence-electron chi connectivity index (χ4n) is 2.04. The van der Waals surface area contributed by atoms with Gasteiger partial charge in [0.15, 0.2) is 0 Å². The lowest BCUT2D eigenvalue weighted by Gasteiger charge is -2.09. The van der Waals surface area contributed by atoms with Crippen LogP contribution < -0.4 is 10.1 Å². The number of hydrogen-bond donors (Lipinski definition) is 1. The monoisotopic (exact) mass is 274 g/mol. The highest BCUT2D eigenvalue weighted by Crippen LogP contribution is 2.13. The van der Waals surface area contributed by atoms with Crippen LogP contribution in [0, 0.1) is 13.8 Å². The van der Waals surface area contributed by atoms with E-state index in [1.165, 1.54) is 5.56 Å². The van der Waals surface area contributed by atoms with Crippen LogP contribution in [0.2, 0.25) is 0 Å². The predicted molar refractivity (Wildman–Crippen MR) is 78.8 cm³/mol. The van der Waals surface area contributed by atoms with Gasteiger partial charge in [-0.25, -0.2) is 9.67 Å². The second-order valence-corrected chi connectivity index (χ2v) is 4.71. The first kappa shape index (κ1) is 14.5. The third-order valence-electron chi connectivity index (χ3n) is 3.01. The summed E-state index contributed by atoms with van der Waals surface area (Å²) in [5, 5.41) is 7.62. The number of benzene rings is 1. The summed E-state index contributed by atoms with van der Waals surface area (Å²) in [6, 6.07) is 8.17. The van der Waals surface area contributed by atoms with Crippen molar-refractivity contribution in [3.8, 4) is 5.75 Å². The van der Waals surface area contributed by atoms with Crippen LogP contribution >= 0.6 is 0 Å². The molecule has 2 aromatic rings. The molecule has 0 unspecified atom stereocenters. The quantitative estimate of drug-likeness (QED) is 0.840. The van der Waals surface area contributed by atoms with Crippen molar-refractivity contribution in [1.82, 2.24) is 20.1 Å². The van der Waals surface area contributed by atoms with Gasteiger partial charge in [-0.15, -0.1) is 0 Å². The summed E-state index contributed by atoms with van der Waals surface area (Å²) in [5.41, 5.74) is 1.23. The summed E-state index contributed by atoms with van der Waals surface area (Å²) < 4.78 is 7.65. The maximum Gasteiger partial charge on any atom is 0.147 e. The lowest BCUT2D eigenvalue weighted by atomic mass is 10.2. The van der Waals surface area contributed by atoms with Gasteiger partial charge in [0.05, 0.1) is 6.54 Å². The van der Waals surface area contributed by atoms with E-state index in [2.05, 4.69) is 34.5 Å². The zero-order valence-corrected chi connectivity index (χ0v) is 12.4. The van der Waals surface area contributed by atoms with Gasteiger partial charge in [0.25, 0.3) is 0 Å². The topological polar surface area (TPSA) is 52.0 Å². The van der Waals surface area contributed by atoms with Crippen LogP contribution in [0.25, 0.3) is 0 Å². The number of hydrogen-bond acceptors (Lipinski definition) is 4. The lowest BCUT2D eigenvalue weighted by molar-refractivity contribution is 0.289. The van der Waals surface area contributed by atoms with Gasteiger partial charge in [0.1, 0.15) is 24.0 Å². The van der Waals surface area contributed by atoms with Gasteiger partial charge < -0.3 is 10.1 Å². The molecule has 0 aliphatic heterocycles. The van der Waals surface area contributed by atoms with E-state index in [9.17, 15) is 0 Å². The van der Waals surface area contributed by atoms with Gasteiger partial charge >= 0.3 is 0 Å². The number of nitrogens with zero attached hydrogens (tertiary/aromatic N) is 3. The Morgan fingerprint density at radius 3 is 2.85 bits per heavy atom. The summed E-state index contributed by atoms with van der Waals surface area (Å²) in [6.07, 6.45) is 0. The molecule has 0 saturated heterocycles. The van der Waals surface area contributed by atoms with Crippen LogP contribution in [0.4, 0.5) is 0 Å². The SMILES string of the molecule is CCNCc1cccc(OCCn2nc(C)nc2C)c1. The maximum atomic E-state index is 5.78. The molecule has 0 fully saturated rings. The van der Waals surface area contributed by atoms with Crippen molar-refractivity contribution in [3.05, 3.63) is 41.5 Å². The summed E-state index contributed by atoms with van der Waals surface area (Å²) in [4.78, 5) is 4.27. The molecule has 0 bridgehead atoms. The van der Waals surface area contributed by atoms with E-state index in [0.717, 1.165) is 30.5 Å². The predicted octanol–water partition coefficient (Wildman–Crippen LogP) is 2.08. The molecule has 1 N–H and O–H groups in total. The molecule has 0 aliphatic carbocycles. The fourth-order valence-corrected chi connectivity index (χ4v) is 2.04. The van der Waals surface area contributed by atoms with Crippen LogP contribution in [-0.2, 0) is 13.1 Å². The third-order valence-corrected chi connectivity index (χ3v) is 3.01. The standard InChI is InChI=1S/C15H22N4O/c1-4-16-11-14-6-5-7-15(10-14)20-9-8-19-13(3)17-12(2)18-19/h5-7,10,16H,4,8-9,11H2,1-3H3. The Bertz CT molecular complexity index is 551. The highest BCUT2D eigenvalue weighted by molar-refractivity contribution is 5.28. The van der Waals surface area contributed by atoms with Crippen molar-refractivity contribution in [1.29, 1.82) is 0 Å². The Labute approximate surface area is 120 Å². The highest BCUT2D eigenvalue weighted by Gasteiger charge is 2.02. The van der Waals surface area contributed by atoms with Crippen LogP contribution in [0.1, 0.15) is 24.1 Å². The van der Waals surface area contributed by atoms with Crippen molar-refractivity contribution < 1.29 is 4.74 Å². The summed E-state index contributed by atoms with van der Waals surface area (Å²) in [6.45, 7) is 9.10. The van der Waals surface area contributed by atoms with E-state index in [0.29, 0.717) is 13.2 Å². The molecule has 1 aromatic carbocycles. The summed E-state index contributed by atoms with van der Waals surface area (Å²) >= 11 is 0. The summed E-state index contributed by atoms with van der Waals surface area (Å²) in [5.74, 6) is 2.62. The van der Waals surface area contributed by atoms with Crippen molar-refractivity contribution in [2.45, 2.75) is 33.9 Å². The van der Waals surface area contributed by atoms with Gasteiger partial charge in [-0.3, -0.25) is 0 Å². The molecule has 2 rings (SSSR count). The van der Waals surface area contributed by atoms with Gasteiger partial charge in [-0.05, 0) is 38.1 Å². The minimum atomic E-state index is 0.592. The molecule has 0 spiro atoms. The largest absolute Gasteiger partial charge is 0.492 e. The molecule has 5 heteroatoms. The van der Waals surface area contributed by atoms with E-state index in [1.54, 1.807) is 0 Å². The molecule has 5 nitrogen and oxygen atoms in total. The van der Waals surface area contributed by atoms with E-state index in [-0.39, 0.29) is 0 Å². The lowest BCUT2D eigenvalue weighted by Crippen LogP contribution is -2.12. The van der Waals surface area contributed by atoms with E-state index < -0.39 is 0 Å². The van der Waals surface area contributed by atoms with Gasteiger partial charge in [0.2, 0.25) is 0 Å². The first-order valence-electron chi connectivity index (χ1n) is 6.99. The number of ether oxygens (including phenoxy) is 1. The van der Waals surface area contributed by atoms with Gasteiger partial charge in [0, 0.05) is 6.54 Å². The molecule has 0 radical (unpaired) electrons. The molecule has 20 heavy (non-hydrogen) atoms. The van der Waals surface area contributed by atoms with E-state index in [4.69, 9.17) is 4.74 Å². The smallest absolute Gasteiger partial charge is 0.147 e. The average Bonchev–Trinajstić information content (AvgIpc) is 2.75. The Kier molecular flexibility index (Phi) is 5.12. The Balaban J connectivity index is 1.86. The maximum absolute atomic E-state index is 5.78. The summed E-state index contributed by atoms with van der Waals surface area (Å²) in [7, 11) is 0. The fraction of sp³-hybridized carbons (Fsp3) is 0.467. The number of nitrogens with one attached hydrogen (secondary N) is 1. The Hall–Kier alpha value is -1.88. The zero-order chi connectivity index (χ0) is 14.4. The highest BCUT2D eigenvalue weighted by atomic mass is 16.5. The number of rotatable bonds is 7. The van der Waals surface area contributed by atoms with Crippen LogP contribution in [0.5, 0.6) is 5.75 Å². The average molecular weight is 274 g/mol. The first-order valence-corrected chi connectivity index (χ1v) is 6.99. The van der Waals surface area contributed by atoms with Crippen LogP contribution in [0.3, 0.4) is 0 Å². The minimum absolute atomic E-state index is 0.592. The van der Waals surface area contributed by atoms with Crippen molar-refractivity contribution in [2.75, 3.05) is 13.2 Å². The molecule has 0 atom stereocenters. The molecular formula is C15H22N4O. The zero-order valence-electron chi connectivity index (χ0n) is 12.4. The third kappa shape index (κ3) is 4.06. The first-order chi connectivity index (χ1) is 9.69. The Morgan fingerprint density at radius 1 is 1.30 bits per heavy atom. The van der Waals surface area contributed by atoms with Crippen molar-refractivity contribution in [3.63, 3.8) is 0 Å². The minimum Gasteiger partial charge on any atom is -0.492 e. The van der Waals surface area contributed by atoms with E-state index in [1.807, 2.05) is 30.7 Å². The molecule has 1 heterocycles. The molecular weight excluding hydrogens is 252 g/mol. The molecule has 0 saturated carbocycles. The van der Waals surface area contributed by atoms with Crippen molar-refractivity contribution in [2.24, 2.45) is 0 Å². The van der Waals surface area contributed by atoms with Gasteiger partial charge in [-0.1, -0.05) is 19.1 Å². The molecule has 0 aliphatic rings. The number of aryl methyl sites for hydroxylation is 2. The molecule has 1 aromatic heterocycles. The van der Waals surface area contributed by atoms with E-state index >= 15 is 0 Å². The second kappa shape index (κ2) is 7.05. The normalized spacial score (nSPS) is 10.8.